The minimum Gasteiger partial charge on any atom is -0.297 e. The van der Waals surface area contributed by atoms with Crippen LogP contribution in [0.5, 0.6) is 0 Å². The summed E-state index contributed by atoms with van der Waals surface area (Å²) in [5.41, 5.74) is -0.178. The highest BCUT2D eigenvalue weighted by Crippen LogP contribution is 2.26. The second kappa shape index (κ2) is 3.79. The van der Waals surface area contributed by atoms with E-state index in [9.17, 15) is 4.79 Å². The van der Waals surface area contributed by atoms with Crippen molar-refractivity contribution in [2.75, 3.05) is 13.1 Å². The smallest absolute Gasteiger partial charge is 0.155 e. The SMILES string of the molecule is CCN1CCC[C@@H]1C(=O)C(C)(C)C. The summed E-state index contributed by atoms with van der Waals surface area (Å²) in [6, 6.07) is 0.199. The van der Waals surface area contributed by atoms with Crippen LogP contribution in [0.1, 0.15) is 40.5 Å². The minimum absolute atomic E-state index is 0.178. The summed E-state index contributed by atoms with van der Waals surface area (Å²) < 4.78 is 0. The van der Waals surface area contributed by atoms with Gasteiger partial charge in [0.25, 0.3) is 0 Å². The molecule has 1 atom stereocenters. The number of hydrogen-bond donors (Lipinski definition) is 0. The third kappa shape index (κ3) is 2.31. The topological polar surface area (TPSA) is 20.3 Å². The van der Waals surface area contributed by atoms with Crippen LogP contribution in [0.4, 0.5) is 0 Å². The minimum atomic E-state index is -0.178. The quantitative estimate of drug-likeness (QED) is 0.653. The van der Waals surface area contributed by atoms with Gasteiger partial charge in [-0.3, -0.25) is 9.69 Å². The van der Waals surface area contributed by atoms with Crippen molar-refractivity contribution in [3.05, 3.63) is 0 Å². The first-order valence-corrected chi connectivity index (χ1v) is 5.25. The van der Waals surface area contributed by atoms with E-state index in [1.165, 1.54) is 6.42 Å². The normalized spacial score (nSPS) is 25.1. The van der Waals surface area contributed by atoms with Crippen molar-refractivity contribution < 1.29 is 4.79 Å². The molecule has 0 bridgehead atoms. The molecule has 0 saturated carbocycles. The average molecular weight is 183 g/mol. The van der Waals surface area contributed by atoms with Gasteiger partial charge in [0.2, 0.25) is 0 Å². The number of carbonyl (C=O) groups excluding carboxylic acids is 1. The van der Waals surface area contributed by atoms with Crippen molar-refractivity contribution in [2.24, 2.45) is 5.41 Å². The summed E-state index contributed by atoms with van der Waals surface area (Å²) in [5, 5.41) is 0. The van der Waals surface area contributed by atoms with Gasteiger partial charge in [0, 0.05) is 5.41 Å². The Morgan fingerprint density at radius 3 is 2.54 bits per heavy atom. The van der Waals surface area contributed by atoms with E-state index < -0.39 is 0 Å². The van der Waals surface area contributed by atoms with Crippen LogP contribution in [0, 0.1) is 5.41 Å². The standard InChI is InChI=1S/C11H21NO/c1-5-12-8-6-7-9(12)10(13)11(2,3)4/h9H,5-8H2,1-4H3/t9-/m1/s1. The number of ketones is 1. The lowest BCUT2D eigenvalue weighted by atomic mass is 9.85. The monoisotopic (exact) mass is 183 g/mol. The Labute approximate surface area is 81.3 Å². The van der Waals surface area contributed by atoms with Gasteiger partial charge in [-0.1, -0.05) is 27.7 Å². The van der Waals surface area contributed by atoms with Gasteiger partial charge in [-0.05, 0) is 25.9 Å². The second-order valence-electron chi connectivity index (χ2n) is 4.90. The van der Waals surface area contributed by atoms with Gasteiger partial charge in [0.1, 0.15) is 0 Å². The number of likely N-dealkylation sites (N-methyl/N-ethyl adjacent to an activating group) is 1. The maximum Gasteiger partial charge on any atom is 0.155 e. The molecule has 0 N–H and O–H groups in total. The first kappa shape index (κ1) is 10.7. The van der Waals surface area contributed by atoms with Crippen LogP contribution in [0.3, 0.4) is 0 Å². The molecular formula is C11H21NO. The molecule has 0 unspecified atom stereocenters. The summed E-state index contributed by atoms with van der Waals surface area (Å²) >= 11 is 0. The fourth-order valence-corrected chi connectivity index (χ4v) is 2.00. The highest BCUT2D eigenvalue weighted by molar-refractivity contribution is 5.88. The van der Waals surface area contributed by atoms with Gasteiger partial charge in [-0.2, -0.15) is 0 Å². The Balaban J connectivity index is 2.66. The van der Waals surface area contributed by atoms with E-state index in [1.54, 1.807) is 0 Å². The van der Waals surface area contributed by atoms with Crippen molar-refractivity contribution in [1.82, 2.24) is 4.90 Å². The molecule has 0 aromatic carbocycles. The third-order valence-corrected chi connectivity index (χ3v) is 2.81. The van der Waals surface area contributed by atoms with Gasteiger partial charge in [-0.25, -0.2) is 0 Å². The molecule has 0 aromatic rings. The van der Waals surface area contributed by atoms with Crippen LogP contribution in [-0.4, -0.2) is 29.8 Å². The van der Waals surface area contributed by atoms with E-state index in [-0.39, 0.29) is 11.5 Å². The first-order valence-electron chi connectivity index (χ1n) is 5.25. The molecule has 2 nitrogen and oxygen atoms in total. The van der Waals surface area contributed by atoms with Gasteiger partial charge in [0.15, 0.2) is 5.78 Å². The highest BCUT2D eigenvalue weighted by Gasteiger charge is 2.35. The van der Waals surface area contributed by atoms with Crippen molar-refractivity contribution in [3.63, 3.8) is 0 Å². The van der Waals surface area contributed by atoms with E-state index in [0.717, 1.165) is 19.5 Å². The van der Waals surface area contributed by atoms with Crippen LogP contribution < -0.4 is 0 Å². The predicted molar refractivity (Wildman–Crippen MR) is 54.7 cm³/mol. The molecule has 13 heavy (non-hydrogen) atoms. The number of rotatable bonds is 2. The summed E-state index contributed by atoms with van der Waals surface area (Å²) in [6.07, 6.45) is 2.24. The maximum absolute atomic E-state index is 12.0. The predicted octanol–water partition coefficient (Wildman–Crippen LogP) is 2.09. The van der Waals surface area contributed by atoms with E-state index in [2.05, 4.69) is 11.8 Å². The van der Waals surface area contributed by atoms with Gasteiger partial charge in [0.05, 0.1) is 6.04 Å². The van der Waals surface area contributed by atoms with Crippen molar-refractivity contribution >= 4 is 5.78 Å². The lowest BCUT2D eigenvalue weighted by molar-refractivity contribution is -0.130. The van der Waals surface area contributed by atoms with Crippen LogP contribution in [0.15, 0.2) is 0 Å². The van der Waals surface area contributed by atoms with Crippen molar-refractivity contribution in [1.29, 1.82) is 0 Å². The zero-order valence-corrected chi connectivity index (χ0v) is 9.26. The van der Waals surface area contributed by atoms with Crippen molar-refractivity contribution in [3.8, 4) is 0 Å². The lowest BCUT2D eigenvalue weighted by Gasteiger charge is -2.27. The Bertz CT molecular complexity index is 193. The molecule has 1 fully saturated rings. The molecule has 1 saturated heterocycles. The van der Waals surface area contributed by atoms with Crippen LogP contribution in [0.25, 0.3) is 0 Å². The Kier molecular flexibility index (Phi) is 3.12. The number of hydrogen-bond acceptors (Lipinski definition) is 2. The molecule has 2 heteroatoms. The summed E-state index contributed by atoms with van der Waals surface area (Å²) in [4.78, 5) is 14.3. The van der Waals surface area contributed by atoms with E-state index in [0.29, 0.717) is 5.78 Å². The van der Waals surface area contributed by atoms with Gasteiger partial charge in [-0.15, -0.1) is 0 Å². The zero-order valence-electron chi connectivity index (χ0n) is 9.26. The fraction of sp³-hybridized carbons (Fsp3) is 0.909. The summed E-state index contributed by atoms with van der Waals surface area (Å²) in [6.45, 7) is 10.3. The number of likely N-dealkylation sites (tertiary alicyclic amines) is 1. The Morgan fingerprint density at radius 1 is 1.46 bits per heavy atom. The molecule has 0 aliphatic carbocycles. The van der Waals surface area contributed by atoms with Gasteiger partial charge >= 0.3 is 0 Å². The van der Waals surface area contributed by atoms with Crippen LogP contribution in [-0.2, 0) is 4.79 Å². The van der Waals surface area contributed by atoms with E-state index in [1.807, 2.05) is 20.8 Å². The Hall–Kier alpha value is -0.370. The Morgan fingerprint density at radius 2 is 2.08 bits per heavy atom. The van der Waals surface area contributed by atoms with Gasteiger partial charge < -0.3 is 0 Å². The number of carbonyl (C=O) groups is 1. The van der Waals surface area contributed by atoms with Crippen LogP contribution in [0.2, 0.25) is 0 Å². The van der Waals surface area contributed by atoms with Crippen LogP contribution >= 0.6 is 0 Å². The molecule has 0 radical (unpaired) electrons. The zero-order chi connectivity index (χ0) is 10.1. The number of nitrogens with zero attached hydrogens (tertiary/aromatic N) is 1. The van der Waals surface area contributed by atoms with Crippen molar-refractivity contribution in [2.45, 2.75) is 46.6 Å². The molecule has 1 rings (SSSR count). The summed E-state index contributed by atoms with van der Waals surface area (Å²) in [5.74, 6) is 0.409. The highest BCUT2D eigenvalue weighted by atomic mass is 16.1. The summed E-state index contributed by atoms with van der Waals surface area (Å²) in [7, 11) is 0. The number of Topliss-reactive ketones (excluding diaryl/α,β-unsaturated/α-hetero) is 1. The molecule has 0 amide bonds. The molecule has 76 valence electrons. The largest absolute Gasteiger partial charge is 0.297 e. The van der Waals surface area contributed by atoms with E-state index in [4.69, 9.17) is 0 Å². The second-order valence-corrected chi connectivity index (χ2v) is 4.90. The van der Waals surface area contributed by atoms with E-state index >= 15 is 0 Å². The molecule has 1 aliphatic rings. The first-order chi connectivity index (χ1) is 5.96. The fourth-order valence-electron chi connectivity index (χ4n) is 2.00. The molecular weight excluding hydrogens is 162 g/mol. The molecule has 0 aromatic heterocycles. The third-order valence-electron chi connectivity index (χ3n) is 2.81. The molecule has 1 aliphatic heterocycles. The lowest BCUT2D eigenvalue weighted by Crippen LogP contribution is -2.41. The molecule has 0 spiro atoms. The molecule has 1 heterocycles. The average Bonchev–Trinajstić information content (AvgIpc) is 2.48. The maximum atomic E-state index is 12.0.